The number of piperidine rings is 1. The first-order valence-electron chi connectivity index (χ1n) is 8.65. The number of ether oxygens (including phenoxy) is 1. The zero-order chi connectivity index (χ0) is 16.8. The summed E-state index contributed by atoms with van der Waals surface area (Å²) in [7, 11) is -1.44. The van der Waals surface area contributed by atoms with Gasteiger partial charge in [0.2, 0.25) is 5.91 Å². The van der Waals surface area contributed by atoms with Crippen molar-refractivity contribution in [2.24, 2.45) is 5.41 Å². The van der Waals surface area contributed by atoms with Crippen molar-refractivity contribution in [1.82, 2.24) is 10.6 Å². The van der Waals surface area contributed by atoms with Crippen LogP contribution in [0.3, 0.4) is 0 Å². The van der Waals surface area contributed by atoms with Gasteiger partial charge in [-0.15, -0.1) is 12.4 Å². The second kappa shape index (κ2) is 9.94. The number of hydrogen-bond acceptors (Lipinski definition) is 5. The van der Waals surface area contributed by atoms with Gasteiger partial charge in [0.25, 0.3) is 0 Å². The molecule has 2 rings (SSSR count). The van der Waals surface area contributed by atoms with Gasteiger partial charge in [-0.3, -0.25) is 4.79 Å². The van der Waals surface area contributed by atoms with Gasteiger partial charge >= 0.3 is 0 Å². The maximum Gasteiger partial charge on any atom is 0.221 e. The van der Waals surface area contributed by atoms with Gasteiger partial charge in [-0.25, -0.2) is 8.42 Å². The lowest BCUT2D eigenvalue weighted by atomic mass is 9.79. The molecule has 2 aliphatic rings. The van der Waals surface area contributed by atoms with E-state index in [1.54, 1.807) is 7.11 Å². The Morgan fingerprint density at radius 2 is 1.88 bits per heavy atom. The van der Waals surface area contributed by atoms with Crippen LogP contribution in [0.15, 0.2) is 0 Å². The molecule has 1 saturated heterocycles. The molecule has 0 atom stereocenters. The Labute approximate surface area is 151 Å². The Kier molecular flexibility index (Phi) is 8.98. The molecule has 142 valence electrons. The summed E-state index contributed by atoms with van der Waals surface area (Å²) in [5.74, 6) is -0.192. The number of hydrogen-bond donors (Lipinski definition) is 2. The molecule has 1 aliphatic heterocycles. The fraction of sp³-hybridized carbons (Fsp3) is 0.938. The van der Waals surface area contributed by atoms with E-state index in [1.165, 1.54) is 0 Å². The van der Waals surface area contributed by atoms with Crippen LogP contribution in [0.2, 0.25) is 0 Å². The number of rotatable bonds is 8. The first-order valence-corrected chi connectivity index (χ1v) is 10.4. The van der Waals surface area contributed by atoms with Gasteiger partial charge in [0.15, 0.2) is 9.84 Å². The SMILES string of the molecule is COCC1(CNC(=O)CCS(=O)(=O)C2CCCC2)CCNCC1.Cl. The lowest BCUT2D eigenvalue weighted by Crippen LogP contribution is -2.47. The van der Waals surface area contributed by atoms with Crippen LogP contribution in [-0.4, -0.2) is 58.7 Å². The Morgan fingerprint density at radius 3 is 2.46 bits per heavy atom. The molecule has 0 bridgehead atoms. The van der Waals surface area contributed by atoms with Gasteiger partial charge in [-0.1, -0.05) is 12.8 Å². The van der Waals surface area contributed by atoms with Crippen LogP contribution < -0.4 is 10.6 Å². The topological polar surface area (TPSA) is 84.5 Å². The first kappa shape index (κ1) is 21.7. The minimum Gasteiger partial charge on any atom is -0.384 e. The fourth-order valence-corrected chi connectivity index (χ4v) is 5.51. The molecular weight excluding hydrogens is 352 g/mol. The summed E-state index contributed by atoms with van der Waals surface area (Å²) in [5.41, 5.74) is -0.0278. The minimum absolute atomic E-state index is 0. The van der Waals surface area contributed by atoms with Crippen molar-refractivity contribution in [1.29, 1.82) is 0 Å². The third-order valence-electron chi connectivity index (χ3n) is 5.20. The van der Waals surface area contributed by atoms with Crippen LogP contribution in [0.4, 0.5) is 0 Å². The Hall–Kier alpha value is -0.370. The van der Waals surface area contributed by atoms with Crippen LogP contribution in [0.1, 0.15) is 44.9 Å². The molecule has 0 radical (unpaired) electrons. The predicted octanol–water partition coefficient (Wildman–Crippen LogP) is 1.29. The second-order valence-electron chi connectivity index (χ2n) is 6.98. The van der Waals surface area contributed by atoms with Gasteiger partial charge in [0.05, 0.1) is 17.6 Å². The summed E-state index contributed by atoms with van der Waals surface area (Å²) in [6.07, 6.45) is 5.48. The average molecular weight is 383 g/mol. The second-order valence-corrected chi connectivity index (χ2v) is 9.38. The smallest absolute Gasteiger partial charge is 0.221 e. The molecule has 1 aliphatic carbocycles. The number of carbonyl (C=O) groups is 1. The van der Waals surface area contributed by atoms with Crippen LogP contribution in [0.5, 0.6) is 0 Å². The monoisotopic (exact) mass is 382 g/mol. The number of amides is 1. The number of sulfone groups is 1. The maximum atomic E-state index is 12.2. The molecule has 1 amide bonds. The van der Waals surface area contributed by atoms with Crippen LogP contribution in [-0.2, 0) is 19.4 Å². The molecule has 0 aromatic rings. The van der Waals surface area contributed by atoms with Gasteiger partial charge < -0.3 is 15.4 Å². The lowest BCUT2D eigenvalue weighted by molar-refractivity contribution is -0.121. The molecule has 0 unspecified atom stereocenters. The predicted molar refractivity (Wildman–Crippen MR) is 97.3 cm³/mol. The van der Waals surface area contributed by atoms with E-state index in [9.17, 15) is 13.2 Å². The van der Waals surface area contributed by atoms with Crippen LogP contribution in [0.25, 0.3) is 0 Å². The highest BCUT2D eigenvalue weighted by Gasteiger charge is 2.33. The van der Waals surface area contributed by atoms with Gasteiger partial charge in [0.1, 0.15) is 0 Å². The molecule has 0 aromatic heterocycles. The molecule has 1 saturated carbocycles. The molecule has 2 fully saturated rings. The zero-order valence-electron chi connectivity index (χ0n) is 14.5. The summed E-state index contributed by atoms with van der Waals surface area (Å²) in [6, 6.07) is 0. The first-order chi connectivity index (χ1) is 11.0. The molecular formula is C16H31ClN2O4S. The maximum absolute atomic E-state index is 12.2. The molecule has 24 heavy (non-hydrogen) atoms. The standard InChI is InChI=1S/C16H30N2O4S.ClH/c1-22-13-16(7-9-17-10-8-16)12-18-15(19)6-11-23(20,21)14-4-2-3-5-14;/h14,17H,2-13H2,1H3,(H,18,19);1H. The summed E-state index contributed by atoms with van der Waals surface area (Å²) in [6.45, 7) is 3.03. The number of carbonyl (C=O) groups excluding carboxylic acids is 1. The van der Waals surface area contributed by atoms with E-state index >= 15 is 0 Å². The lowest BCUT2D eigenvalue weighted by Gasteiger charge is -2.37. The Balaban J connectivity index is 0.00000288. The van der Waals surface area contributed by atoms with Gasteiger partial charge in [-0.05, 0) is 38.8 Å². The molecule has 1 heterocycles. The number of nitrogens with one attached hydrogen (secondary N) is 2. The summed E-state index contributed by atoms with van der Waals surface area (Å²) in [4.78, 5) is 12.1. The zero-order valence-corrected chi connectivity index (χ0v) is 16.1. The van der Waals surface area contributed by atoms with E-state index in [-0.39, 0.29) is 41.2 Å². The van der Waals surface area contributed by atoms with Gasteiger partial charge in [-0.2, -0.15) is 0 Å². The summed E-state index contributed by atoms with van der Waals surface area (Å²) < 4.78 is 29.7. The summed E-state index contributed by atoms with van der Waals surface area (Å²) in [5, 5.41) is 6.02. The highest BCUT2D eigenvalue weighted by molar-refractivity contribution is 7.92. The molecule has 0 spiro atoms. The van der Waals surface area contributed by atoms with Crippen molar-refractivity contribution < 1.29 is 17.9 Å². The summed E-state index contributed by atoms with van der Waals surface area (Å²) >= 11 is 0. The van der Waals surface area contributed by atoms with Crippen molar-refractivity contribution in [2.75, 3.05) is 39.1 Å². The van der Waals surface area contributed by atoms with E-state index in [0.717, 1.165) is 51.6 Å². The normalized spacial score (nSPS) is 21.2. The van der Waals surface area contributed by atoms with Gasteiger partial charge in [0, 0.05) is 25.5 Å². The minimum atomic E-state index is -3.12. The number of methoxy groups -OCH3 is 1. The van der Waals surface area contributed by atoms with E-state index in [4.69, 9.17) is 4.74 Å². The van der Waals surface area contributed by atoms with Crippen molar-refractivity contribution in [3.05, 3.63) is 0 Å². The third-order valence-corrected chi connectivity index (χ3v) is 7.46. The Morgan fingerprint density at radius 1 is 1.25 bits per heavy atom. The van der Waals surface area contributed by atoms with Crippen molar-refractivity contribution in [3.63, 3.8) is 0 Å². The fourth-order valence-electron chi connectivity index (χ4n) is 3.66. The molecule has 8 heteroatoms. The van der Waals surface area contributed by atoms with E-state index in [2.05, 4.69) is 10.6 Å². The molecule has 2 N–H and O–H groups in total. The molecule has 6 nitrogen and oxygen atoms in total. The van der Waals surface area contributed by atoms with Crippen LogP contribution >= 0.6 is 12.4 Å². The third kappa shape index (κ3) is 6.17. The highest BCUT2D eigenvalue weighted by Crippen LogP contribution is 2.28. The van der Waals surface area contributed by atoms with E-state index in [1.807, 2.05) is 0 Å². The van der Waals surface area contributed by atoms with Crippen molar-refractivity contribution >= 4 is 28.2 Å². The Bertz CT molecular complexity index is 481. The largest absolute Gasteiger partial charge is 0.384 e. The van der Waals surface area contributed by atoms with E-state index < -0.39 is 9.84 Å². The highest BCUT2D eigenvalue weighted by atomic mass is 35.5. The quantitative estimate of drug-likeness (QED) is 0.660. The number of halogens is 1. The van der Waals surface area contributed by atoms with Crippen molar-refractivity contribution in [2.45, 2.75) is 50.2 Å². The molecule has 0 aromatic carbocycles. The van der Waals surface area contributed by atoms with Crippen molar-refractivity contribution in [3.8, 4) is 0 Å². The van der Waals surface area contributed by atoms with Crippen LogP contribution in [0, 0.1) is 5.41 Å². The van der Waals surface area contributed by atoms with E-state index in [0.29, 0.717) is 13.2 Å². The average Bonchev–Trinajstić information content (AvgIpc) is 3.08.